The smallest absolute Gasteiger partial charge is 0.374 e. The monoisotopic (exact) mass is 307 g/mol. The number of carbonyl (C=O) groups excluding carboxylic acids is 1. The van der Waals surface area contributed by atoms with E-state index in [1.165, 1.54) is 0 Å². The molecule has 1 N–H and O–H groups in total. The van der Waals surface area contributed by atoms with E-state index in [0.717, 1.165) is 10.6 Å². The summed E-state index contributed by atoms with van der Waals surface area (Å²) in [5, 5.41) is 4.04. The first-order valence-electron chi connectivity index (χ1n) is 6.85. The van der Waals surface area contributed by atoms with Gasteiger partial charge in [-0.1, -0.05) is 29.8 Å². The summed E-state index contributed by atoms with van der Waals surface area (Å²) in [5.41, 5.74) is 1.02. The Morgan fingerprint density at radius 1 is 1.33 bits per heavy atom. The van der Waals surface area contributed by atoms with Crippen LogP contribution in [-0.2, 0) is 11.3 Å². The fourth-order valence-corrected chi connectivity index (χ4v) is 2.27. The Morgan fingerprint density at radius 3 is 2.81 bits per heavy atom. The SMILES string of the molecule is CCOC(=O)c1ccc(CN[C@@H](C)c2ccccc2Cl)o1. The van der Waals surface area contributed by atoms with Gasteiger partial charge in [-0.2, -0.15) is 0 Å². The number of furan rings is 1. The first kappa shape index (κ1) is 15.6. The minimum absolute atomic E-state index is 0.0786. The highest BCUT2D eigenvalue weighted by Crippen LogP contribution is 2.22. The Kier molecular flexibility index (Phi) is 5.42. The molecule has 0 saturated carbocycles. The van der Waals surface area contributed by atoms with Gasteiger partial charge in [-0.15, -0.1) is 0 Å². The number of halogens is 1. The molecule has 1 aromatic heterocycles. The first-order valence-corrected chi connectivity index (χ1v) is 7.23. The number of hydrogen-bond donors (Lipinski definition) is 1. The molecule has 0 amide bonds. The molecule has 2 aromatic rings. The van der Waals surface area contributed by atoms with Crippen molar-refractivity contribution in [2.45, 2.75) is 26.4 Å². The quantitative estimate of drug-likeness (QED) is 0.821. The van der Waals surface area contributed by atoms with Gasteiger partial charge in [0.25, 0.3) is 0 Å². The number of ether oxygens (including phenoxy) is 1. The highest BCUT2D eigenvalue weighted by Gasteiger charge is 2.13. The van der Waals surface area contributed by atoms with Crippen molar-refractivity contribution < 1.29 is 13.9 Å². The maximum atomic E-state index is 11.5. The fraction of sp³-hybridized carbons (Fsp3) is 0.312. The predicted molar refractivity (Wildman–Crippen MR) is 81.4 cm³/mol. The molecular formula is C16H18ClNO3. The molecule has 4 nitrogen and oxygen atoms in total. The van der Waals surface area contributed by atoms with E-state index in [9.17, 15) is 4.79 Å². The summed E-state index contributed by atoms with van der Waals surface area (Å²) >= 11 is 6.16. The molecule has 0 aliphatic heterocycles. The van der Waals surface area contributed by atoms with Crippen LogP contribution in [0.4, 0.5) is 0 Å². The van der Waals surface area contributed by atoms with Crippen LogP contribution in [0.15, 0.2) is 40.8 Å². The van der Waals surface area contributed by atoms with E-state index in [1.807, 2.05) is 31.2 Å². The van der Waals surface area contributed by atoms with Gasteiger partial charge in [0.15, 0.2) is 0 Å². The number of esters is 1. The summed E-state index contributed by atoms with van der Waals surface area (Å²) < 4.78 is 10.3. The molecule has 2 rings (SSSR count). The van der Waals surface area contributed by atoms with Crippen molar-refractivity contribution in [3.63, 3.8) is 0 Å². The van der Waals surface area contributed by atoms with Crippen LogP contribution in [0.5, 0.6) is 0 Å². The average Bonchev–Trinajstić information content (AvgIpc) is 2.94. The second kappa shape index (κ2) is 7.29. The van der Waals surface area contributed by atoms with E-state index in [4.69, 9.17) is 20.8 Å². The summed E-state index contributed by atoms with van der Waals surface area (Å²) in [4.78, 5) is 11.5. The standard InChI is InChI=1S/C16H18ClNO3/c1-3-20-16(19)15-9-8-12(21-15)10-18-11(2)13-6-4-5-7-14(13)17/h4-9,11,18H,3,10H2,1-2H3/t11-/m0/s1. The van der Waals surface area contributed by atoms with E-state index >= 15 is 0 Å². The van der Waals surface area contributed by atoms with Crippen LogP contribution < -0.4 is 5.32 Å². The maximum absolute atomic E-state index is 11.5. The number of carbonyl (C=O) groups is 1. The second-order valence-corrected chi connectivity index (χ2v) is 5.02. The van der Waals surface area contributed by atoms with Crippen LogP contribution in [0, 0.1) is 0 Å². The molecule has 0 unspecified atom stereocenters. The summed E-state index contributed by atoms with van der Waals surface area (Å²) in [5.74, 6) is 0.457. The number of benzene rings is 1. The van der Waals surface area contributed by atoms with Crippen LogP contribution in [0.1, 0.15) is 41.8 Å². The van der Waals surface area contributed by atoms with E-state index in [-0.39, 0.29) is 11.8 Å². The molecule has 21 heavy (non-hydrogen) atoms. The molecule has 0 bridgehead atoms. The zero-order valence-electron chi connectivity index (χ0n) is 12.1. The van der Waals surface area contributed by atoms with Gasteiger partial charge in [0.05, 0.1) is 13.2 Å². The molecule has 1 heterocycles. The fourth-order valence-electron chi connectivity index (χ4n) is 1.97. The molecule has 0 aliphatic carbocycles. The van der Waals surface area contributed by atoms with Crippen molar-refractivity contribution in [1.29, 1.82) is 0 Å². The molecule has 5 heteroatoms. The van der Waals surface area contributed by atoms with Gasteiger partial charge in [0.2, 0.25) is 5.76 Å². The molecule has 0 fully saturated rings. The molecule has 112 valence electrons. The molecule has 1 aromatic carbocycles. The zero-order valence-corrected chi connectivity index (χ0v) is 12.8. The van der Waals surface area contributed by atoms with E-state index in [2.05, 4.69) is 5.32 Å². The predicted octanol–water partition coefficient (Wildman–Crippen LogP) is 3.96. The summed E-state index contributed by atoms with van der Waals surface area (Å²) in [6.45, 7) is 4.62. The third kappa shape index (κ3) is 4.09. The van der Waals surface area contributed by atoms with Crippen molar-refractivity contribution in [3.8, 4) is 0 Å². The van der Waals surface area contributed by atoms with Crippen LogP contribution in [0.25, 0.3) is 0 Å². The largest absolute Gasteiger partial charge is 0.460 e. The molecule has 1 atom stereocenters. The van der Waals surface area contributed by atoms with Crippen LogP contribution >= 0.6 is 11.6 Å². The van der Waals surface area contributed by atoms with Crippen molar-refractivity contribution in [1.82, 2.24) is 5.32 Å². The zero-order chi connectivity index (χ0) is 15.2. The highest BCUT2D eigenvalue weighted by molar-refractivity contribution is 6.31. The molecule has 0 spiro atoms. The van der Waals surface area contributed by atoms with Gasteiger partial charge in [-0.05, 0) is 37.6 Å². The minimum atomic E-state index is -0.442. The third-order valence-electron chi connectivity index (χ3n) is 3.09. The second-order valence-electron chi connectivity index (χ2n) is 4.61. The Labute approximate surface area is 129 Å². The van der Waals surface area contributed by atoms with E-state index in [1.54, 1.807) is 19.1 Å². The Balaban J connectivity index is 1.94. The van der Waals surface area contributed by atoms with Crippen molar-refractivity contribution in [3.05, 3.63) is 58.5 Å². The normalized spacial score (nSPS) is 12.1. The molecule has 0 aliphatic rings. The lowest BCUT2D eigenvalue weighted by Gasteiger charge is -2.14. The summed E-state index contributed by atoms with van der Waals surface area (Å²) in [6, 6.07) is 11.2. The van der Waals surface area contributed by atoms with Crippen molar-refractivity contribution in [2.24, 2.45) is 0 Å². The van der Waals surface area contributed by atoms with Gasteiger partial charge in [0, 0.05) is 11.1 Å². The Hall–Kier alpha value is -1.78. The topological polar surface area (TPSA) is 51.5 Å². The van der Waals surface area contributed by atoms with E-state index < -0.39 is 5.97 Å². The number of nitrogens with one attached hydrogen (secondary N) is 1. The van der Waals surface area contributed by atoms with Gasteiger partial charge >= 0.3 is 5.97 Å². The summed E-state index contributed by atoms with van der Waals surface area (Å²) in [6.07, 6.45) is 0. The number of hydrogen-bond acceptors (Lipinski definition) is 4. The lowest BCUT2D eigenvalue weighted by atomic mass is 10.1. The minimum Gasteiger partial charge on any atom is -0.460 e. The third-order valence-corrected chi connectivity index (χ3v) is 3.44. The van der Waals surface area contributed by atoms with Gasteiger partial charge in [-0.25, -0.2) is 4.79 Å². The van der Waals surface area contributed by atoms with Gasteiger partial charge in [0.1, 0.15) is 5.76 Å². The van der Waals surface area contributed by atoms with Crippen LogP contribution in [0.2, 0.25) is 5.02 Å². The van der Waals surface area contributed by atoms with Crippen molar-refractivity contribution in [2.75, 3.05) is 6.61 Å². The number of rotatable bonds is 6. The van der Waals surface area contributed by atoms with E-state index in [0.29, 0.717) is 18.9 Å². The van der Waals surface area contributed by atoms with Crippen molar-refractivity contribution >= 4 is 17.6 Å². The van der Waals surface area contributed by atoms with Gasteiger partial charge < -0.3 is 14.5 Å². The van der Waals surface area contributed by atoms with Crippen LogP contribution in [-0.4, -0.2) is 12.6 Å². The highest BCUT2D eigenvalue weighted by atomic mass is 35.5. The lowest BCUT2D eigenvalue weighted by molar-refractivity contribution is 0.0488. The Bertz CT molecular complexity index is 609. The van der Waals surface area contributed by atoms with Gasteiger partial charge in [-0.3, -0.25) is 0 Å². The first-order chi connectivity index (χ1) is 10.1. The lowest BCUT2D eigenvalue weighted by Crippen LogP contribution is -2.18. The van der Waals surface area contributed by atoms with Crippen LogP contribution in [0.3, 0.4) is 0 Å². The Morgan fingerprint density at radius 2 is 2.10 bits per heavy atom. The molecule has 0 radical (unpaired) electrons. The molecular weight excluding hydrogens is 290 g/mol. The maximum Gasteiger partial charge on any atom is 0.374 e. The average molecular weight is 308 g/mol. The molecule has 0 saturated heterocycles. The summed E-state index contributed by atoms with van der Waals surface area (Å²) in [7, 11) is 0.